The molecule has 0 saturated carbocycles. The molecule has 0 radical (unpaired) electrons. The Labute approximate surface area is 73.3 Å². The molecule has 12 heavy (non-hydrogen) atoms. The van der Waals surface area contributed by atoms with E-state index in [0.29, 0.717) is 0 Å². The number of rotatable bonds is 4. The number of hydrogen-bond donors (Lipinski definition) is 0. The first-order chi connectivity index (χ1) is 5.33. The molecule has 0 heterocycles. The van der Waals surface area contributed by atoms with Gasteiger partial charge in [-0.1, -0.05) is 0 Å². The van der Waals surface area contributed by atoms with E-state index in [1.807, 2.05) is 0 Å². The van der Waals surface area contributed by atoms with Gasteiger partial charge in [0.25, 0.3) is 0 Å². The smallest absolute Gasteiger partial charge is 0.312 e. The van der Waals surface area contributed by atoms with Gasteiger partial charge in [-0.15, -0.1) is 0 Å². The van der Waals surface area contributed by atoms with Gasteiger partial charge in [-0.3, -0.25) is 4.85 Å². The number of sulfone groups is 1. The molecule has 0 amide bonds. The average molecular weight is 191 g/mol. The Morgan fingerprint density at radius 2 is 2.00 bits per heavy atom. The third kappa shape index (κ3) is 4.31. The van der Waals surface area contributed by atoms with Crippen LogP contribution in [0.1, 0.15) is 13.8 Å². The fraction of sp³-hybridized carbons (Fsp3) is 0.857. The van der Waals surface area contributed by atoms with E-state index in [1.165, 1.54) is 7.11 Å². The first-order valence-electron chi connectivity index (χ1n) is 3.42. The molecule has 0 rings (SSSR count). The monoisotopic (exact) mass is 191 g/mol. The van der Waals surface area contributed by atoms with Gasteiger partial charge in [-0.2, -0.15) is 0 Å². The van der Waals surface area contributed by atoms with Gasteiger partial charge in [0.2, 0.25) is 9.84 Å². The first-order valence-corrected chi connectivity index (χ1v) is 5.24. The summed E-state index contributed by atoms with van der Waals surface area (Å²) in [5.41, 5.74) is -0.705. The zero-order valence-corrected chi connectivity index (χ0v) is 8.31. The Balaban J connectivity index is 4.38. The highest BCUT2D eigenvalue weighted by molar-refractivity contribution is 7.91. The molecule has 0 N–H and O–H groups in total. The van der Waals surface area contributed by atoms with Crippen molar-refractivity contribution in [2.45, 2.75) is 19.4 Å². The second kappa shape index (κ2) is 3.87. The molecule has 0 fully saturated rings. The van der Waals surface area contributed by atoms with Gasteiger partial charge in [0.1, 0.15) is 0 Å². The van der Waals surface area contributed by atoms with Crippen molar-refractivity contribution in [1.82, 2.24) is 0 Å². The summed E-state index contributed by atoms with van der Waals surface area (Å²) in [7, 11) is -1.83. The zero-order chi connectivity index (χ0) is 9.83. The highest BCUT2D eigenvalue weighted by Gasteiger charge is 2.27. The predicted molar refractivity (Wildman–Crippen MR) is 46.3 cm³/mol. The standard InChI is InChI=1S/C7H13NO3S/c1-7(2,11-4)5-12(9,10)6-8-3/h5-6H2,1-2,4H3. The van der Waals surface area contributed by atoms with Gasteiger partial charge in [-0.05, 0) is 13.8 Å². The minimum Gasteiger partial charge on any atom is -0.378 e. The van der Waals surface area contributed by atoms with E-state index in [-0.39, 0.29) is 5.75 Å². The SMILES string of the molecule is [C-]#[N+]CS(=O)(=O)CC(C)(C)OC. The minimum absolute atomic E-state index is 0.112. The average Bonchev–Trinajstić information content (AvgIpc) is 1.85. The van der Waals surface area contributed by atoms with Crippen molar-refractivity contribution in [3.8, 4) is 0 Å². The summed E-state index contributed by atoms with van der Waals surface area (Å²) in [6.45, 7) is 9.78. The summed E-state index contributed by atoms with van der Waals surface area (Å²) < 4.78 is 27.2. The van der Waals surface area contributed by atoms with Crippen LogP contribution in [0.25, 0.3) is 4.85 Å². The zero-order valence-electron chi connectivity index (χ0n) is 7.49. The lowest BCUT2D eigenvalue weighted by molar-refractivity contribution is 0.0426. The third-order valence-electron chi connectivity index (χ3n) is 1.38. The van der Waals surface area contributed by atoms with E-state index in [2.05, 4.69) is 4.85 Å². The second-order valence-electron chi connectivity index (χ2n) is 3.14. The van der Waals surface area contributed by atoms with Crippen LogP contribution in [-0.2, 0) is 14.6 Å². The van der Waals surface area contributed by atoms with Crippen molar-refractivity contribution < 1.29 is 13.2 Å². The van der Waals surface area contributed by atoms with Gasteiger partial charge in [0.15, 0.2) is 0 Å². The maximum absolute atomic E-state index is 11.1. The summed E-state index contributed by atoms with van der Waals surface area (Å²) in [5, 5.41) is 0. The predicted octanol–water partition coefficient (Wildman–Crippen LogP) is 0.703. The topological polar surface area (TPSA) is 47.7 Å². The third-order valence-corrected chi connectivity index (χ3v) is 3.04. The van der Waals surface area contributed by atoms with Crippen molar-refractivity contribution in [3.63, 3.8) is 0 Å². The van der Waals surface area contributed by atoms with Crippen molar-refractivity contribution in [2.24, 2.45) is 0 Å². The van der Waals surface area contributed by atoms with Crippen molar-refractivity contribution >= 4 is 9.84 Å². The van der Waals surface area contributed by atoms with Crippen LogP contribution >= 0.6 is 0 Å². The van der Waals surface area contributed by atoms with E-state index in [4.69, 9.17) is 11.3 Å². The fourth-order valence-electron chi connectivity index (χ4n) is 0.733. The number of ether oxygens (including phenoxy) is 1. The maximum Gasteiger partial charge on any atom is 0.312 e. The minimum atomic E-state index is -3.28. The van der Waals surface area contributed by atoms with Crippen LogP contribution in [0, 0.1) is 6.57 Å². The number of hydrogen-bond acceptors (Lipinski definition) is 3. The Morgan fingerprint density at radius 1 is 1.50 bits per heavy atom. The molecule has 0 aromatic carbocycles. The normalized spacial score (nSPS) is 12.5. The molecule has 0 spiro atoms. The van der Waals surface area contributed by atoms with Gasteiger partial charge in [0.05, 0.1) is 11.4 Å². The molecule has 0 bridgehead atoms. The molecule has 0 aromatic rings. The summed E-state index contributed by atoms with van der Waals surface area (Å²) in [6.07, 6.45) is 0. The first kappa shape index (κ1) is 11.4. The molecular weight excluding hydrogens is 178 g/mol. The van der Waals surface area contributed by atoms with E-state index in [0.717, 1.165) is 0 Å². The van der Waals surface area contributed by atoms with Crippen molar-refractivity contribution in [2.75, 3.05) is 18.7 Å². The highest BCUT2D eigenvalue weighted by Crippen LogP contribution is 2.11. The van der Waals surface area contributed by atoms with Crippen LogP contribution in [0.3, 0.4) is 0 Å². The van der Waals surface area contributed by atoms with Crippen LogP contribution in [0.2, 0.25) is 0 Å². The van der Waals surface area contributed by atoms with E-state index in [9.17, 15) is 8.42 Å². The summed E-state index contributed by atoms with van der Waals surface area (Å²) in [6, 6.07) is 0. The number of nitrogens with zero attached hydrogens (tertiary/aromatic N) is 1. The Bertz CT molecular complexity index is 274. The van der Waals surface area contributed by atoms with Crippen molar-refractivity contribution in [3.05, 3.63) is 11.4 Å². The molecule has 0 atom stereocenters. The van der Waals surface area contributed by atoms with Gasteiger partial charge in [0, 0.05) is 7.11 Å². The Kier molecular flexibility index (Phi) is 3.68. The molecule has 5 heteroatoms. The van der Waals surface area contributed by atoms with Crippen LogP contribution in [0.15, 0.2) is 0 Å². The van der Waals surface area contributed by atoms with Gasteiger partial charge >= 0.3 is 5.88 Å². The van der Waals surface area contributed by atoms with E-state index in [1.54, 1.807) is 13.8 Å². The molecule has 0 unspecified atom stereocenters. The summed E-state index contributed by atoms with van der Waals surface area (Å²) in [5.74, 6) is -0.571. The maximum atomic E-state index is 11.1. The van der Waals surface area contributed by atoms with Gasteiger partial charge < -0.3 is 4.74 Å². The molecule has 70 valence electrons. The molecule has 0 aliphatic rings. The van der Waals surface area contributed by atoms with Crippen molar-refractivity contribution in [1.29, 1.82) is 0 Å². The van der Waals surface area contributed by atoms with Crippen LogP contribution in [0.4, 0.5) is 0 Å². The molecular formula is C7H13NO3S. The molecule has 0 saturated heterocycles. The molecule has 0 aliphatic heterocycles. The summed E-state index contributed by atoms with van der Waals surface area (Å²) >= 11 is 0. The molecule has 4 nitrogen and oxygen atoms in total. The largest absolute Gasteiger partial charge is 0.378 e. The molecule has 0 aliphatic carbocycles. The lowest BCUT2D eigenvalue weighted by Crippen LogP contribution is -2.33. The van der Waals surface area contributed by atoms with Crippen LogP contribution < -0.4 is 0 Å². The van der Waals surface area contributed by atoms with Crippen LogP contribution in [-0.4, -0.2) is 32.8 Å². The highest BCUT2D eigenvalue weighted by atomic mass is 32.2. The second-order valence-corrected chi connectivity index (χ2v) is 5.17. The Morgan fingerprint density at radius 3 is 2.33 bits per heavy atom. The van der Waals surface area contributed by atoms with Crippen LogP contribution in [0.5, 0.6) is 0 Å². The summed E-state index contributed by atoms with van der Waals surface area (Å²) in [4.78, 5) is 2.83. The quantitative estimate of drug-likeness (QED) is 0.615. The van der Waals surface area contributed by atoms with E-state index < -0.39 is 21.3 Å². The molecule has 0 aromatic heterocycles. The van der Waals surface area contributed by atoms with E-state index >= 15 is 0 Å². The Hall–Kier alpha value is -0.600. The lowest BCUT2D eigenvalue weighted by atomic mass is 10.2. The lowest BCUT2D eigenvalue weighted by Gasteiger charge is -2.20. The van der Waals surface area contributed by atoms with Gasteiger partial charge in [-0.25, -0.2) is 15.0 Å². The number of methoxy groups -OCH3 is 1. The fourth-order valence-corrected chi connectivity index (χ4v) is 2.20.